The molecule has 0 fully saturated rings. The maximum Gasteiger partial charge on any atom is 0.416 e. The molecule has 0 saturated heterocycles. The second-order valence-corrected chi connectivity index (χ2v) is 3.70. The number of hydrogen-bond donors (Lipinski definition) is 1. The minimum atomic E-state index is -4.50. The minimum absolute atomic E-state index is 0.0628. The third kappa shape index (κ3) is 4.95. The molecule has 0 radical (unpaired) electrons. The molecule has 18 heavy (non-hydrogen) atoms. The van der Waals surface area contributed by atoms with Crippen molar-refractivity contribution < 1.29 is 26.3 Å². The Kier molecular flexibility index (Phi) is 4.61. The van der Waals surface area contributed by atoms with E-state index in [1.807, 2.05) is 0 Å². The Hall–Kier alpha value is -1.24. The van der Waals surface area contributed by atoms with Crippen LogP contribution in [-0.4, -0.2) is 12.7 Å². The first-order valence-electron chi connectivity index (χ1n) is 5.13. The third-order valence-electron chi connectivity index (χ3n) is 2.22. The van der Waals surface area contributed by atoms with Gasteiger partial charge in [0.15, 0.2) is 0 Å². The molecule has 1 rings (SSSR count). The monoisotopic (exact) mass is 271 g/mol. The van der Waals surface area contributed by atoms with Crippen molar-refractivity contribution >= 4 is 0 Å². The van der Waals surface area contributed by atoms with Crippen molar-refractivity contribution in [2.24, 2.45) is 0 Å². The van der Waals surface area contributed by atoms with E-state index in [1.165, 1.54) is 18.2 Å². The second-order valence-electron chi connectivity index (χ2n) is 3.70. The zero-order valence-corrected chi connectivity index (χ0v) is 9.20. The first-order valence-corrected chi connectivity index (χ1v) is 5.13. The fourth-order valence-electron chi connectivity index (χ4n) is 1.40. The summed E-state index contributed by atoms with van der Waals surface area (Å²) < 4.78 is 73.1. The SMILES string of the molecule is FC(F)(F)CCNCc1ccccc1C(F)(F)F. The highest BCUT2D eigenvalue weighted by molar-refractivity contribution is 5.29. The quantitative estimate of drug-likeness (QED) is 0.649. The highest BCUT2D eigenvalue weighted by atomic mass is 19.4. The van der Waals surface area contributed by atoms with Crippen LogP contribution in [0, 0.1) is 0 Å². The Morgan fingerprint density at radius 3 is 2.11 bits per heavy atom. The summed E-state index contributed by atoms with van der Waals surface area (Å²) in [6.45, 7) is -0.651. The maximum atomic E-state index is 12.5. The Labute approximate surface area is 99.8 Å². The molecule has 1 nitrogen and oxygen atoms in total. The van der Waals surface area contributed by atoms with Crippen LogP contribution in [0.2, 0.25) is 0 Å². The molecule has 1 N–H and O–H groups in total. The summed E-state index contributed by atoms with van der Waals surface area (Å²) in [4.78, 5) is 0. The predicted octanol–water partition coefficient (Wildman–Crippen LogP) is 3.75. The summed E-state index contributed by atoms with van der Waals surface area (Å²) in [7, 11) is 0. The molecule has 0 bridgehead atoms. The molecule has 0 amide bonds. The number of benzene rings is 1. The standard InChI is InChI=1S/C11H11F6N/c12-10(13,14)5-6-18-7-8-3-1-2-4-9(8)11(15,16)17/h1-4,18H,5-7H2. The van der Waals surface area contributed by atoms with Gasteiger partial charge in [-0.15, -0.1) is 0 Å². The smallest absolute Gasteiger partial charge is 0.312 e. The van der Waals surface area contributed by atoms with E-state index >= 15 is 0 Å². The van der Waals surface area contributed by atoms with Crippen molar-refractivity contribution in [1.82, 2.24) is 5.32 Å². The van der Waals surface area contributed by atoms with Gasteiger partial charge in [0, 0.05) is 13.1 Å². The van der Waals surface area contributed by atoms with Crippen LogP contribution in [-0.2, 0) is 12.7 Å². The van der Waals surface area contributed by atoms with Crippen LogP contribution in [0.3, 0.4) is 0 Å². The van der Waals surface area contributed by atoms with Crippen LogP contribution in [0.4, 0.5) is 26.3 Å². The van der Waals surface area contributed by atoms with Gasteiger partial charge in [-0.25, -0.2) is 0 Å². The lowest BCUT2D eigenvalue weighted by molar-refractivity contribution is -0.138. The van der Waals surface area contributed by atoms with Gasteiger partial charge < -0.3 is 5.32 Å². The van der Waals surface area contributed by atoms with Crippen LogP contribution >= 0.6 is 0 Å². The molecular formula is C11H11F6N. The molecule has 102 valence electrons. The summed E-state index contributed by atoms with van der Waals surface area (Å²) in [6.07, 6.45) is -9.87. The summed E-state index contributed by atoms with van der Waals surface area (Å²) >= 11 is 0. The first-order chi connectivity index (χ1) is 8.20. The first kappa shape index (κ1) is 14.8. The molecule has 0 saturated carbocycles. The lowest BCUT2D eigenvalue weighted by atomic mass is 10.1. The minimum Gasteiger partial charge on any atom is -0.312 e. The molecule has 0 heterocycles. The number of halogens is 6. The van der Waals surface area contributed by atoms with Gasteiger partial charge in [0.1, 0.15) is 0 Å². The van der Waals surface area contributed by atoms with E-state index in [4.69, 9.17) is 0 Å². The molecule has 0 aliphatic heterocycles. The van der Waals surface area contributed by atoms with E-state index < -0.39 is 30.9 Å². The number of nitrogens with one attached hydrogen (secondary N) is 1. The Bertz CT molecular complexity index is 382. The largest absolute Gasteiger partial charge is 0.416 e. The zero-order valence-electron chi connectivity index (χ0n) is 9.20. The van der Waals surface area contributed by atoms with Crippen molar-refractivity contribution in [2.45, 2.75) is 25.3 Å². The maximum absolute atomic E-state index is 12.5. The van der Waals surface area contributed by atoms with Gasteiger partial charge >= 0.3 is 12.4 Å². The average Bonchev–Trinajstić information content (AvgIpc) is 2.22. The Morgan fingerprint density at radius 1 is 0.944 bits per heavy atom. The van der Waals surface area contributed by atoms with Gasteiger partial charge in [-0.3, -0.25) is 0 Å². The van der Waals surface area contributed by atoms with Crippen molar-refractivity contribution in [3.05, 3.63) is 35.4 Å². The molecule has 0 unspecified atom stereocenters. The molecule has 0 aromatic heterocycles. The van der Waals surface area contributed by atoms with Gasteiger partial charge in [0.05, 0.1) is 12.0 Å². The van der Waals surface area contributed by atoms with E-state index in [-0.39, 0.29) is 12.1 Å². The summed E-state index contributed by atoms with van der Waals surface area (Å²) in [5.74, 6) is 0. The van der Waals surface area contributed by atoms with E-state index in [0.29, 0.717) is 0 Å². The second kappa shape index (κ2) is 5.60. The topological polar surface area (TPSA) is 12.0 Å². The molecule has 0 atom stereocenters. The van der Waals surface area contributed by atoms with Gasteiger partial charge in [0.25, 0.3) is 0 Å². The van der Waals surface area contributed by atoms with Crippen LogP contribution in [0.5, 0.6) is 0 Å². The molecule has 0 aliphatic rings. The average molecular weight is 271 g/mol. The molecule has 1 aromatic rings. The van der Waals surface area contributed by atoms with E-state index in [2.05, 4.69) is 5.32 Å². The summed E-state index contributed by atoms with van der Waals surface area (Å²) in [5.41, 5.74) is -0.892. The Balaban J connectivity index is 2.58. The lowest BCUT2D eigenvalue weighted by Crippen LogP contribution is -2.22. The molecular weight excluding hydrogens is 260 g/mol. The van der Waals surface area contributed by atoms with Crippen molar-refractivity contribution in [1.29, 1.82) is 0 Å². The fourth-order valence-corrected chi connectivity index (χ4v) is 1.40. The van der Waals surface area contributed by atoms with E-state index in [9.17, 15) is 26.3 Å². The lowest BCUT2D eigenvalue weighted by Gasteiger charge is -2.13. The van der Waals surface area contributed by atoms with Crippen LogP contribution in [0.25, 0.3) is 0 Å². The highest BCUT2D eigenvalue weighted by Crippen LogP contribution is 2.31. The predicted molar refractivity (Wildman–Crippen MR) is 53.8 cm³/mol. The van der Waals surface area contributed by atoms with Gasteiger partial charge in [-0.05, 0) is 11.6 Å². The van der Waals surface area contributed by atoms with E-state index in [1.54, 1.807) is 0 Å². The molecule has 1 aromatic carbocycles. The van der Waals surface area contributed by atoms with Crippen LogP contribution < -0.4 is 5.32 Å². The van der Waals surface area contributed by atoms with Crippen molar-refractivity contribution in [3.63, 3.8) is 0 Å². The molecule has 7 heteroatoms. The molecule has 0 aliphatic carbocycles. The van der Waals surface area contributed by atoms with E-state index in [0.717, 1.165) is 6.07 Å². The zero-order chi connectivity index (χ0) is 13.8. The summed E-state index contributed by atoms with van der Waals surface area (Å²) in [5, 5.41) is 2.35. The number of alkyl halides is 6. The van der Waals surface area contributed by atoms with Crippen molar-refractivity contribution in [2.75, 3.05) is 6.54 Å². The van der Waals surface area contributed by atoms with Gasteiger partial charge in [-0.2, -0.15) is 26.3 Å². The van der Waals surface area contributed by atoms with Crippen LogP contribution in [0.1, 0.15) is 17.5 Å². The Morgan fingerprint density at radius 2 is 1.56 bits per heavy atom. The summed E-state index contributed by atoms with van der Waals surface area (Å²) in [6, 6.07) is 4.79. The van der Waals surface area contributed by atoms with Crippen LogP contribution in [0.15, 0.2) is 24.3 Å². The highest BCUT2D eigenvalue weighted by Gasteiger charge is 2.32. The number of hydrogen-bond acceptors (Lipinski definition) is 1. The van der Waals surface area contributed by atoms with Gasteiger partial charge in [-0.1, -0.05) is 18.2 Å². The fraction of sp³-hybridized carbons (Fsp3) is 0.455. The third-order valence-corrected chi connectivity index (χ3v) is 2.22. The molecule has 0 spiro atoms. The number of rotatable bonds is 4. The van der Waals surface area contributed by atoms with Gasteiger partial charge in [0.2, 0.25) is 0 Å². The van der Waals surface area contributed by atoms with Crippen molar-refractivity contribution in [3.8, 4) is 0 Å². The normalized spacial score (nSPS) is 12.8.